The number of rotatable bonds is 3. The molecule has 0 fully saturated rings. The average molecular weight is 188 g/mol. The first-order valence-corrected chi connectivity index (χ1v) is 5.20. The van der Waals surface area contributed by atoms with Crippen LogP contribution < -0.4 is 5.32 Å². The molecule has 0 aromatic rings. The van der Waals surface area contributed by atoms with E-state index in [1.54, 1.807) is 0 Å². The van der Waals surface area contributed by atoms with Crippen LogP contribution in [0.25, 0.3) is 0 Å². The summed E-state index contributed by atoms with van der Waals surface area (Å²) in [5.74, 6) is 0.569. The molecule has 0 saturated heterocycles. The summed E-state index contributed by atoms with van der Waals surface area (Å²) < 4.78 is 0. The van der Waals surface area contributed by atoms with Crippen LogP contribution in [0.3, 0.4) is 0 Å². The SMILES string of the molecule is C1=CCC(NCC2C=NC=CC2)C=C1. The highest BCUT2D eigenvalue weighted by atomic mass is 14.9. The van der Waals surface area contributed by atoms with Crippen molar-refractivity contribution < 1.29 is 0 Å². The smallest absolute Gasteiger partial charge is 0.0287 e. The molecule has 2 aliphatic rings. The molecule has 1 heterocycles. The Hall–Kier alpha value is -1.15. The minimum Gasteiger partial charge on any atom is -0.310 e. The molecule has 2 atom stereocenters. The summed E-state index contributed by atoms with van der Waals surface area (Å²) in [4.78, 5) is 4.14. The van der Waals surface area contributed by atoms with Crippen LogP contribution in [-0.4, -0.2) is 18.8 Å². The summed E-state index contributed by atoms with van der Waals surface area (Å²) in [6, 6.07) is 0.513. The molecule has 0 spiro atoms. The molecule has 2 nitrogen and oxygen atoms in total. The zero-order valence-corrected chi connectivity index (χ0v) is 8.26. The van der Waals surface area contributed by atoms with Crippen molar-refractivity contribution in [1.82, 2.24) is 5.32 Å². The second-order valence-electron chi connectivity index (χ2n) is 3.74. The summed E-state index contributed by atoms with van der Waals surface area (Å²) in [7, 11) is 0. The van der Waals surface area contributed by atoms with Crippen molar-refractivity contribution >= 4 is 6.21 Å². The van der Waals surface area contributed by atoms with Gasteiger partial charge in [0.25, 0.3) is 0 Å². The second kappa shape index (κ2) is 4.91. The summed E-state index contributed by atoms with van der Waals surface area (Å²) >= 11 is 0. The predicted molar refractivity (Wildman–Crippen MR) is 60.4 cm³/mol. The fraction of sp³-hybridized carbons (Fsp3) is 0.417. The van der Waals surface area contributed by atoms with Gasteiger partial charge in [0.1, 0.15) is 0 Å². The Bertz CT molecular complexity index is 257. The van der Waals surface area contributed by atoms with Gasteiger partial charge < -0.3 is 5.32 Å². The van der Waals surface area contributed by atoms with Crippen LogP contribution in [0, 0.1) is 5.92 Å². The monoisotopic (exact) mass is 188 g/mol. The zero-order valence-electron chi connectivity index (χ0n) is 8.26. The van der Waals surface area contributed by atoms with Gasteiger partial charge in [0.2, 0.25) is 0 Å². The standard InChI is InChI=1S/C12H16N2/c1-2-6-12(7-3-1)14-10-11-5-4-8-13-9-11/h1-4,6,8-9,11-12,14H,5,7,10H2. The topological polar surface area (TPSA) is 24.4 Å². The molecule has 0 amide bonds. The van der Waals surface area contributed by atoms with Gasteiger partial charge in [-0.05, 0) is 12.8 Å². The minimum absolute atomic E-state index is 0.513. The summed E-state index contributed by atoms with van der Waals surface area (Å²) in [5.41, 5.74) is 0. The van der Waals surface area contributed by atoms with Crippen molar-refractivity contribution in [3.05, 3.63) is 36.6 Å². The van der Waals surface area contributed by atoms with E-state index in [1.165, 1.54) is 0 Å². The Morgan fingerprint density at radius 1 is 1.21 bits per heavy atom. The Morgan fingerprint density at radius 3 is 2.93 bits per heavy atom. The van der Waals surface area contributed by atoms with Gasteiger partial charge in [0, 0.05) is 30.9 Å². The Balaban J connectivity index is 1.72. The maximum absolute atomic E-state index is 4.14. The van der Waals surface area contributed by atoms with E-state index in [-0.39, 0.29) is 0 Å². The number of nitrogens with zero attached hydrogens (tertiary/aromatic N) is 1. The Morgan fingerprint density at radius 2 is 2.21 bits per heavy atom. The molecule has 0 aromatic carbocycles. The molecule has 1 aliphatic carbocycles. The van der Waals surface area contributed by atoms with Gasteiger partial charge in [-0.3, -0.25) is 4.99 Å². The Kier molecular flexibility index (Phi) is 3.30. The lowest BCUT2D eigenvalue weighted by Crippen LogP contribution is -2.32. The van der Waals surface area contributed by atoms with Crippen LogP contribution in [0.5, 0.6) is 0 Å². The van der Waals surface area contributed by atoms with Crippen LogP contribution >= 0.6 is 0 Å². The lowest BCUT2D eigenvalue weighted by Gasteiger charge is -2.18. The van der Waals surface area contributed by atoms with Gasteiger partial charge in [0.15, 0.2) is 0 Å². The highest BCUT2D eigenvalue weighted by Gasteiger charge is 2.09. The summed E-state index contributed by atoms with van der Waals surface area (Å²) in [6.07, 6.45) is 16.9. The normalized spacial score (nSPS) is 29.7. The van der Waals surface area contributed by atoms with Gasteiger partial charge in [-0.1, -0.05) is 30.4 Å². The van der Waals surface area contributed by atoms with E-state index >= 15 is 0 Å². The van der Waals surface area contributed by atoms with Gasteiger partial charge in [-0.15, -0.1) is 0 Å². The van der Waals surface area contributed by atoms with E-state index in [4.69, 9.17) is 0 Å². The molecule has 2 unspecified atom stereocenters. The molecule has 0 saturated carbocycles. The Labute approximate surface area is 85.1 Å². The first-order valence-electron chi connectivity index (χ1n) is 5.20. The quantitative estimate of drug-likeness (QED) is 0.720. The number of aliphatic imine (C=N–C) groups is 1. The number of hydrogen-bond acceptors (Lipinski definition) is 2. The molecule has 74 valence electrons. The van der Waals surface area contributed by atoms with Gasteiger partial charge in [-0.2, -0.15) is 0 Å². The van der Waals surface area contributed by atoms with Gasteiger partial charge >= 0.3 is 0 Å². The fourth-order valence-electron chi connectivity index (χ4n) is 1.70. The van der Waals surface area contributed by atoms with Crippen LogP contribution in [0.15, 0.2) is 41.6 Å². The minimum atomic E-state index is 0.513. The second-order valence-corrected chi connectivity index (χ2v) is 3.74. The van der Waals surface area contributed by atoms with Crippen LogP contribution in [0.2, 0.25) is 0 Å². The van der Waals surface area contributed by atoms with Crippen molar-refractivity contribution in [2.45, 2.75) is 18.9 Å². The summed E-state index contributed by atoms with van der Waals surface area (Å²) in [6.45, 7) is 1.02. The zero-order chi connectivity index (χ0) is 9.64. The molecule has 0 radical (unpaired) electrons. The van der Waals surface area contributed by atoms with Crippen molar-refractivity contribution in [2.75, 3.05) is 6.54 Å². The number of hydrogen-bond donors (Lipinski definition) is 1. The van der Waals surface area contributed by atoms with E-state index in [0.29, 0.717) is 12.0 Å². The third kappa shape index (κ3) is 2.67. The highest BCUT2D eigenvalue weighted by molar-refractivity contribution is 5.63. The molecular weight excluding hydrogens is 172 g/mol. The molecule has 2 heteroatoms. The highest BCUT2D eigenvalue weighted by Crippen LogP contribution is 2.07. The van der Waals surface area contributed by atoms with Crippen molar-refractivity contribution in [1.29, 1.82) is 0 Å². The van der Waals surface area contributed by atoms with Gasteiger partial charge in [0.05, 0.1) is 0 Å². The molecule has 2 rings (SSSR count). The number of nitrogens with one attached hydrogen (secondary N) is 1. The van der Waals surface area contributed by atoms with Gasteiger partial charge in [-0.25, -0.2) is 0 Å². The molecule has 0 bridgehead atoms. The average Bonchev–Trinajstić information content (AvgIpc) is 2.29. The van der Waals surface area contributed by atoms with Crippen LogP contribution in [0.1, 0.15) is 12.8 Å². The summed E-state index contributed by atoms with van der Waals surface area (Å²) in [5, 5.41) is 3.53. The largest absolute Gasteiger partial charge is 0.310 e. The molecular formula is C12H16N2. The first kappa shape index (κ1) is 9.41. The van der Waals surface area contributed by atoms with Crippen molar-refractivity contribution in [2.24, 2.45) is 10.9 Å². The maximum Gasteiger partial charge on any atom is 0.0287 e. The van der Waals surface area contributed by atoms with Crippen molar-refractivity contribution in [3.63, 3.8) is 0 Å². The van der Waals surface area contributed by atoms with E-state index < -0.39 is 0 Å². The van der Waals surface area contributed by atoms with E-state index in [1.807, 2.05) is 12.4 Å². The maximum atomic E-state index is 4.14. The molecule has 1 aliphatic heterocycles. The lowest BCUT2D eigenvalue weighted by atomic mass is 10.0. The third-order valence-electron chi connectivity index (χ3n) is 2.55. The number of allylic oxidation sites excluding steroid dienone is 3. The molecule has 1 N–H and O–H groups in total. The van der Waals surface area contributed by atoms with E-state index in [2.05, 4.69) is 40.7 Å². The fourth-order valence-corrected chi connectivity index (χ4v) is 1.70. The van der Waals surface area contributed by atoms with E-state index in [0.717, 1.165) is 19.4 Å². The van der Waals surface area contributed by atoms with Crippen molar-refractivity contribution in [3.8, 4) is 0 Å². The predicted octanol–water partition coefficient (Wildman–Crippen LogP) is 2.07. The lowest BCUT2D eigenvalue weighted by molar-refractivity contribution is 0.537. The third-order valence-corrected chi connectivity index (χ3v) is 2.55. The van der Waals surface area contributed by atoms with Crippen LogP contribution in [-0.2, 0) is 0 Å². The molecule has 14 heavy (non-hydrogen) atoms. The van der Waals surface area contributed by atoms with Crippen LogP contribution in [0.4, 0.5) is 0 Å². The van der Waals surface area contributed by atoms with E-state index in [9.17, 15) is 0 Å². The molecule has 0 aromatic heterocycles. The first-order chi connectivity index (χ1) is 6.95.